The van der Waals surface area contributed by atoms with E-state index in [4.69, 9.17) is 0 Å². The molecule has 0 saturated heterocycles. The third-order valence-corrected chi connectivity index (χ3v) is 7.22. The van der Waals surface area contributed by atoms with Gasteiger partial charge in [-0.3, -0.25) is 9.59 Å². The number of phenols is 1. The van der Waals surface area contributed by atoms with Gasteiger partial charge in [-0.05, 0) is 48.1 Å². The van der Waals surface area contributed by atoms with Gasteiger partial charge < -0.3 is 15.3 Å². The second kappa shape index (κ2) is 8.19. The highest BCUT2D eigenvalue weighted by Crippen LogP contribution is 2.45. The van der Waals surface area contributed by atoms with Gasteiger partial charge in [0.15, 0.2) is 0 Å². The minimum Gasteiger partial charge on any atom is -0.508 e. The van der Waals surface area contributed by atoms with Gasteiger partial charge in [0.25, 0.3) is 5.91 Å². The van der Waals surface area contributed by atoms with Crippen molar-refractivity contribution in [2.75, 3.05) is 0 Å². The summed E-state index contributed by atoms with van der Waals surface area (Å²) in [4.78, 5) is 30.0. The third-order valence-electron chi connectivity index (χ3n) is 6.26. The molecule has 1 aliphatic carbocycles. The molecule has 0 spiro atoms. The molecule has 2 amide bonds. The highest BCUT2D eigenvalue weighted by molar-refractivity contribution is 7.13. The molecule has 2 N–H and O–H groups in total. The molecule has 2 aromatic carbocycles. The molecule has 1 atom stereocenters. The van der Waals surface area contributed by atoms with Crippen molar-refractivity contribution in [2.45, 2.75) is 44.3 Å². The number of rotatable bonds is 4. The molecule has 2 heterocycles. The van der Waals surface area contributed by atoms with Crippen molar-refractivity contribution >= 4 is 23.2 Å². The lowest BCUT2D eigenvalue weighted by molar-refractivity contribution is -0.126. The van der Waals surface area contributed by atoms with Crippen LogP contribution in [0.15, 0.2) is 60.0 Å². The van der Waals surface area contributed by atoms with Crippen LogP contribution in [0.1, 0.15) is 53.2 Å². The average Bonchev–Trinajstić information content (AvgIpc) is 3.47. The summed E-state index contributed by atoms with van der Waals surface area (Å²) in [7, 11) is 0. The van der Waals surface area contributed by atoms with E-state index in [1.54, 1.807) is 17.0 Å². The maximum Gasteiger partial charge on any atom is 0.255 e. The van der Waals surface area contributed by atoms with Gasteiger partial charge in [-0.1, -0.05) is 43.2 Å². The molecule has 1 saturated carbocycles. The molecule has 1 aliphatic heterocycles. The summed E-state index contributed by atoms with van der Waals surface area (Å²) in [5.74, 6) is -0.287. The van der Waals surface area contributed by atoms with Crippen LogP contribution in [0.4, 0.5) is 0 Å². The van der Waals surface area contributed by atoms with E-state index in [-0.39, 0.29) is 23.6 Å². The number of thiophene rings is 1. The van der Waals surface area contributed by atoms with Crippen molar-refractivity contribution in [1.29, 1.82) is 0 Å². The highest BCUT2D eigenvalue weighted by Gasteiger charge is 2.42. The highest BCUT2D eigenvalue weighted by atomic mass is 32.1. The van der Waals surface area contributed by atoms with Crippen molar-refractivity contribution in [2.24, 2.45) is 0 Å². The fraction of sp³-hybridized carbons (Fsp3) is 0.280. The number of nitrogens with zero attached hydrogens (tertiary/aromatic N) is 1. The number of carbonyl (C=O) groups excluding carboxylic acids is 2. The molecule has 0 radical (unpaired) electrons. The Morgan fingerprint density at radius 1 is 1.06 bits per heavy atom. The van der Waals surface area contributed by atoms with E-state index in [2.05, 4.69) is 5.32 Å². The molecule has 0 bridgehead atoms. The van der Waals surface area contributed by atoms with E-state index in [1.165, 1.54) is 17.4 Å². The monoisotopic (exact) mass is 432 g/mol. The summed E-state index contributed by atoms with van der Waals surface area (Å²) in [5, 5.41) is 15.1. The summed E-state index contributed by atoms with van der Waals surface area (Å²) in [6.07, 6.45) is 3.88. The predicted octanol–water partition coefficient (Wildman–Crippen LogP) is 4.88. The maximum absolute atomic E-state index is 13.8. The first-order valence-corrected chi connectivity index (χ1v) is 11.6. The van der Waals surface area contributed by atoms with Gasteiger partial charge in [-0.15, -0.1) is 11.3 Å². The Hall–Kier alpha value is -3.12. The quantitative estimate of drug-likeness (QED) is 0.618. The first-order valence-electron chi connectivity index (χ1n) is 10.7. The van der Waals surface area contributed by atoms with Crippen LogP contribution in [0.25, 0.3) is 10.4 Å². The first-order chi connectivity index (χ1) is 15.1. The topological polar surface area (TPSA) is 69.6 Å². The summed E-state index contributed by atoms with van der Waals surface area (Å²) in [5.41, 5.74) is 3.13. The van der Waals surface area contributed by atoms with Gasteiger partial charge in [0.05, 0.1) is 5.56 Å². The summed E-state index contributed by atoms with van der Waals surface area (Å²) < 4.78 is 0. The Kier molecular flexibility index (Phi) is 5.24. The minimum absolute atomic E-state index is 0.0148. The average molecular weight is 433 g/mol. The number of carbonyl (C=O) groups is 2. The molecule has 1 fully saturated rings. The number of phenolic OH excluding ortho intramolecular Hbond substituents is 1. The zero-order valence-electron chi connectivity index (χ0n) is 17.1. The number of benzene rings is 2. The van der Waals surface area contributed by atoms with Crippen LogP contribution in [0, 0.1) is 0 Å². The Morgan fingerprint density at radius 2 is 1.84 bits per heavy atom. The molecular weight excluding hydrogens is 408 g/mol. The van der Waals surface area contributed by atoms with Gasteiger partial charge >= 0.3 is 0 Å². The number of fused-ring (bicyclic) bond motifs is 3. The summed E-state index contributed by atoms with van der Waals surface area (Å²) >= 11 is 1.53. The fourth-order valence-electron chi connectivity index (χ4n) is 4.78. The molecule has 6 heteroatoms. The van der Waals surface area contributed by atoms with Crippen LogP contribution in [-0.2, 0) is 11.3 Å². The first kappa shape index (κ1) is 19.8. The van der Waals surface area contributed by atoms with Gasteiger partial charge in [-0.25, -0.2) is 0 Å². The lowest BCUT2D eigenvalue weighted by Gasteiger charge is -2.35. The number of hydrogen-bond acceptors (Lipinski definition) is 4. The maximum atomic E-state index is 13.8. The Bertz CT molecular complexity index is 1120. The Morgan fingerprint density at radius 3 is 2.61 bits per heavy atom. The molecule has 5 rings (SSSR count). The van der Waals surface area contributed by atoms with Crippen LogP contribution in [-0.4, -0.2) is 27.9 Å². The van der Waals surface area contributed by atoms with E-state index in [0.29, 0.717) is 12.1 Å². The zero-order valence-corrected chi connectivity index (χ0v) is 17.9. The van der Waals surface area contributed by atoms with Crippen molar-refractivity contribution < 1.29 is 14.7 Å². The lowest BCUT2D eigenvalue weighted by Crippen LogP contribution is -2.47. The van der Waals surface area contributed by atoms with Crippen LogP contribution >= 0.6 is 11.3 Å². The van der Waals surface area contributed by atoms with Crippen LogP contribution in [0.2, 0.25) is 0 Å². The molecule has 158 valence electrons. The van der Waals surface area contributed by atoms with E-state index in [1.807, 2.05) is 41.8 Å². The predicted molar refractivity (Wildman–Crippen MR) is 121 cm³/mol. The summed E-state index contributed by atoms with van der Waals surface area (Å²) in [6.45, 7) is 0.413. The van der Waals surface area contributed by atoms with Gasteiger partial charge in [0, 0.05) is 28.6 Å². The number of aromatic hydroxyl groups is 1. The molecule has 1 unspecified atom stereocenters. The van der Waals surface area contributed by atoms with Gasteiger partial charge in [0.1, 0.15) is 11.8 Å². The Balaban J connectivity index is 1.58. The van der Waals surface area contributed by atoms with Crippen LogP contribution in [0.3, 0.4) is 0 Å². The molecule has 31 heavy (non-hydrogen) atoms. The number of amides is 2. The third kappa shape index (κ3) is 3.61. The van der Waals surface area contributed by atoms with Gasteiger partial charge in [-0.2, -0.15) is 0 Å². The van der Waals surface area contributed by atoms with Gasteiger partial charge in [0.2, 0.25) is 5.91 Å². The smallest absolute Gasteiger partial charge is 0.255 e. The molecular formula is C25H24N2O3S. The SMILES string of the molecule is O=C(NCc1ccccc1)C1c2ccsc2-c2ccc(O)cc2C(=O)N1C1CCCC1. The van der Waals surface area contributed by atoms with E-state index in [9.17, 15) is 14.7 Å². The van der Waals surface area contributed by atoms with Crippen molar-refractivity contribution in [3.8, 4) is 16.2 Å². The lowest BCUT2D eigenvalue weighted by atomic mass is 10.0. The molecule has 2 aliphatic rings. The van der Waals surface area contributed by atoms with E-state index in [0.717, 1.165) is 47.3 Å². The van der Waals surface area contributed by atoms with Crippen LogP contribution in [0.5, 0.6) is 5.75 Å². The fourth-order valence-corrected chi connectivity index (χ4v) is 5.75. The zero-order chi connectivity index (χ0) is 21.4. The molecule has 1 aromatic heterocycles. The van der Waals surface area contributed by atoms with Crippen molar-refractivity contribution in [3.63, 3.8) is 0 Å². The van der Waals surface area contributed by atoms with Crippen molar-refractivity contribution in [1.82, 2.24) is 10.2 Å². The summed E-state index contributed by atoms with van der Waals surface area (Å²) in [6, 6.07) is 16.0. The van der Waals surface area contributed by atoms with Crippen LogP contribution < -0.4 is 5.32 Å². The van der Waals surface area contributed by atoms with E-state index >= 15 is 0 Å². The second-order valence-corrected chi connectivity index (χ2v) is 9.11. The molecule has 5 nitrogen and oxygen atoms in total. The number of nitrogens with one attached hydrogen (secondary N) is 1. The standard InChI is InChI=1S/C25H24N2O3S/c28-18-10-11-19-21(14-18)25(30)27(17-8-4-5-9-17)22(20-12-13-31-23(19)20)24(29)26-15-16-6-2-1-3-7-16/h1-3,6-7,10-14,17,22,28H,4-5,8-9,15H2,(H,26,29). The largest absolute Gasteiger partial charge is 0.508 e. The second-order valence-electron chi connectivity index (χ2n) is 8.19. The number of hydrogen-bond donors (Lipinski definition) is 2. The molecule has 3 aromatic rings. The normalized spacial score (nSPS) is 18.4. The van der Waals surface area contributed by atoms with E-state index < -0.39 is 6.04 Å². The Labute approximate surface area is 185 Å². The minimum atomic E-state index is -0.685. The van der Waals surface area contributed by atoms with Crippen molar-refractivity contribution in [3.05, 3.63) is 76.7 Å².